The van der Waals surface area contributed by atoms with E-state index in [-0.39, 0.29) is 12.5 Å². The number of ether oxygens (including phenoxy) is 2. The van der Waals surface area contributed by atoms with Crippen molar-refractivity contribution in [2.75, 3.05) is 6.61 Å². The normalized spacial score (nSPS) is 14.3. The summed E-state index contributed by atoms with van der Waals surface area (Å²) in [6.45, 7) is 5.09. The van der Waals surface area contributed by atoms with Gasteiger partial charge in [-0.2, -0.15) is 5.26 Å². The van der Waals surface area contributed by atoms with Crippen LogP contribution in [0.1, 0.15) is 34.7 Å². The Bertz CT molecular complexity index is 1380. The number of carbonyl (C=O) groups excluding carboxylic acids is 1. The molecule has 3 aromatic carbocycles. The summed E-state index contributed by atoms with van der Waals surface area (Å²) in [5, 5.41) is 9.35. The SMILES string of the molecule is CCOc1cc(/C=C2\SC(=S)N(Cc3ccc(C)cc3)C2=O)cc(I)c1OCc1ccccc1C#N. The van der Waals surface area contributed by atoms with Crippen molar-refractivity contribution in [2.24, 2.45) is 0 Å². The average molecular weight is 627 g/mol. The molecule has 36 heavy (non-hydrogen) atoms. The first-order valence-corrected chi connectivity index (χ1v) is 13.6. The summed E-state index contributed by atoms with van der Waals surface area (Å²) in [7, 11) is 0. The predicted octanol–water partition coefficient (Wildman–Crippen LogP) is 6.85. The first-order chi connectivity index (χ1) is 17.4. The van der Waals surface area contributed by atoms with Crippen LogP contribution < -0.4 is 9.47 Å². The molecule has 1 amide bonds. The van der Waals surface area contributed by atoms with Gasteiger partial charge in [-0.25, -0.2) is 0 Å². The monoisotopic (exact) mass is 626 g/mol. The van der Waals surface area contributed by atoms with Crippen molar-refractivity contribution in [3.05, 3.63) is 97.0 Å². The van der Waals surface area contributed by atoms with Gasteiger partial charge in [-0.15, -0.1) is 0 Å². The number of thioether (sulfide) groups is 1. The molecular formula is C28H23IN2O3S2. The van der Waals surface area contributed by atoms with Crippen LogP contribution in [0.25, 0.3) is 6.08 Å². The molecule has 1 heterocycles. The third-order valence-electron chi connectivity index (χ3n) is 5.47. The third kappa shape index (κ3) is 6.09. The number of rotatable bonds is 8. The lowest BCUT2D eigenvalue weighted by Crippen LogP contribution is -2.27. The van der Waals surface area contributed by atoms with Crippen LogP contribution in [0.2, 0.25) is 0 Å². The number of carbonyl (C=O) groups is 1. The molecule has 1 fully saturated rings. The Morgan fingerprint density at radius 3 is 2.61 bits per heavy atom. The van der Waals surface area contributed by atoms with Crippen LogP contribution in [0.3, 0.4) is 0 Å². The number of amides is 1. The van der Waals surface area contributed by atoms with Crippen molar-refractivity contribution in [1.29, 1.82) is 5.26 Å². The maximum absolute atomic E-state index is 13.1. The van der Waals surface area contributed by atoms with Crippen molar-refractivity contribution in [3.63, 3.8) is 0 Å². The van der Waals surface area contributed by atoms with Gasteiger partial charge in [0, 0.05) is 5.56 Å². The van der Waals surface area contributed by atoms with Gasteiger partial charge in [0.1, 0.15) is 10.9 Å². The van der Waals surface area contributed by atoms with Crippen LogP contribution in [0, 0.1) is 21.8 Å². The van der Waals surface area contributed by atoms with Gasteiger partial charge in [0.15, 0.2) is 11.5 Å². The summed E-state index contributed by atoms with van der Waals surface area (Å²) in [5.41, 5.74) is 4.41. The van der Waals surface area contributed by atoms with Crippen molar-refractivity contribution in [3.8, 4) is 17.6 Å². The maximum atomic E-state index is 13.1. The molecule has 1 aliphatic heterocycles. The van der Waals surface area contributed by atoms with E-state index < -0.39 is 0 Å². The largest absolute Gasteiger partial charge is 0.490 e. The molecule has 1 saturated heterocycles. The van der Waals surface area contributed by atoms with Gasteiger partial charge in [0.25, 0.3) is 5.91 Å². The number of nitriles is 1. The van der Waals surface area contributed by atoms with E-state index in [1.165, 1.54) is 17.3 Å². The van der Waals surface area contributed by atoms with E-state index in [0.717, 1.165) is 20.3 Å². The van der Waals surface area contributed by atoms with Crippen molar-refractivity contribution in [1.82, 2.24) is 4.90 Å². The van der Waals surface area contributed by atoms with Gasteiger partial charge in [-0.05, 0) is 71.8 Å². The molecule has 0 saturated carbocycles. The number of thiocarbonyl (C=S) groups is 1. The number of aryl methyl sites for hydroxylation is 1. The highest BCUT2D eigenvalue weighted by Gasteiger charge is 2.32. The summed E-state index contributed by atoms with van der Waals surface area (Å²) < 4.78 is 13.4. The second-order valence-corrected chi connectivity index (χ2v) is 10.9. The zero-order valence-electron chi connectivity index (χ0n) is 19.8. The fourth-order valence-corrected chi connectivity index (χ4v) is 5.68. The zero-order chi connectivity index (χ0) is 25.7. The second-order valence-electron chi connectivity index (χ2n) is 8.07. The number of hydrogen-bond donors (Lipinski definition) is 0. The zero-order valence-corrected chi connectivity index (χ0v) is 23.6. The molecule has 3 aromatic rings. The molecule has 0 bridgehead atoms. The molecule has 0 radical (unpaired) electrons. The van der Waals surface area contributed by atoms with Crippen molar-refractivity contribution >= 4 is 62.9 Å². The minimum Gasteiger partial charge on any atom is -0.490 e. The maximum Gasteiger partial charge on any atom is 0.266 e. The summed E-state index contributed by atoms with van der Waals surface area (Å²) in [5.74, 6) is 1.08. The summed E-state index contributed by atoms with van der Waals surface area (Å²) >= 11 is 9.02. The highest BCUT2D eigenvalue weighted by atomic mass is 127. The van der Waals surface area contributed by atoms with Crippen molar-refractivity contribution in [2.45, 2.75) is 27.0 Å². The van der Waals surface area contributed by atoms with E-state index in [4.69, 9.17) is 21.7 Å². The smallest absolute Gasteiger partial charge is 0.266 e. The molecule has 5 nitrogen and oxygen atoms in total. The van der Waals surface area contributed by atoms with Gasteiger partial charge >= 0.3 is 0 Å². The summed E-state index contributed by atoms with van der Waals surface area (Å²) in [6.07, 6.45) is 1.84. The molecule has 4 rings (SSSR count). The van der Waals surface area contributed by atoms with E-state index >= 15 is 0 Å². The van der Waals surface area contributed by atoms with Crippen LogP contribution >= 0.6 is 46.6 Å². The van der Waals surface area contributed by atoms with E-state index in [1.54, 1.807) is 11.0 Å². The molecule has 1 aliphatic rings. The number of benzene rings is 3. The molecule has 0 atom stereocenters. The van der Waals surface area contributed by atoms with Crippen molar-refractivity contribution < 1.29 is 14.3 Å². The van der Waals surface area contributed by atoms with Gasteiger partial charge < -0.3 is 9.47 Å². The quantitative estimate of drug-likeness (QED) is 0.155. The average Bonchev–Trinajstić information content (AvgIpc) is 3.12. The van der Waals surface area contributed by atoms with E-state index in [9.17, 15) is 10.1 Å². The van der Waals surface area contributed by atoms with E-state index in [0.29, 0.717) is 39.4 Å². The minimum absolute atomic E-state index is 0.105. The summed E-state index contributed by atoms with van der Waals surface area (Å²) in [6, 6.07) is 21.5. The Morgan fingerprint density at radius 1 is 1.14 bits per heavy atom. The highest BCUT2D eigenvalue weighted by Crippen LogP contribution is 2.38. The van der Waals surface area contributed by atoms with E-state index in [2.05, 4.69) is 28.7 Å². The first-order valence-electron chi connectivity index (χ1n) is 11.3. The third-order valence-corrected chi connectivity index (χ3v) is 7.65. The lowest BCUT2D eigenvalue weighted by molar-refractivity contribution is -0.122. The molecule has 182 valence electrons. The lowest BCUT2D eigenvalue weighted by atomic mass is 10.1. The van der Waals surface area contributed by atoms with E-state index in [1.807, 2.05) is 74.5 Å². The fourth-order valence-electron chi connectivity index (χ4n) is 3.64. The number of nitrogens with zero attached hydrogens (tertiary/aromatic N) is 2. The molecule has 0 aliphatic carbocycles. The topological polar surface area (TPSA) is 62.6 Å². The Kier molecular flexibility index (Phi) is 8.67. The van der Waals surface area contributed by atoms with Gasteiger partial charge in [0.2, 0.25) is 0 Å². The first kappa shape index (κ1) is 26.2. The van der Waals surface area contributed by atoms with Gasteiger partial charge in [-0.3, -0.25) is 9.69 Å². The standard InChI is InChI=1S/C28H23IN2O3S2/c1-3-33-24-13-20(12-23(29)26(24)34-17-22-7-5-4-6-21(22)15-30)14-25-27(32)31(28(35)36-25)16-19-10-8-18(2)9-11-19/h4-14H,3,16-17H2,1-2H3/b25-14-. The fraction of sp³-hybridized carbons (Fsp3) is 0.179. The van der Waals surface area contributed by atoms with Gasteiger partial charge in [0.05, 0.1) is 33.3 Å². The van der Waals surface area contributed by atoms with Crippen LogP contribution in [-0.2, 0) is 17.9 Å². The summed E-state index contributed by atoms with van der Waals surface area (Å²) in [4.78, 5) is 15.3. The molecule has 0 N–H and O–H groups in total. The van der Waals surface area contributed by atoms with Crippen LogP contribution in [0.15, 0.2) is 65.6 Å². The molecule has 0 aromatic heterocycles. The highest BCUT2D eigenvalue weighted by molar-refractivity contribution is 14.1. The number of hydrogen-bond acceptors (Lipinski definition) is 6. The lowest BCUT2D eigenvalue weighted by Gasteiger charge is -2.15. The van der Waals surface area contributed by atoms with Crippen LogP contribution in [0.5, 0.6) is 11.5 Å². The minimum atomic E-state index is -0.105. The molecule has 0 unspecified atom stereocenters. The molecular weight excluding hydrogens is 603 g/mol. The number of halogens is 1. The Balaban J connectivity index is 1.56. The van der Waals surface area contributed by atoms with Crippen LogP contribution in [0.4, 0.5) is 0 Å². The molecule has 8 heteroatoms. The predicted molar refractivity (Wildman–Crippen MR) is 156 cm³/mol. The Morgan fingerprint density at radius 2 is 1.89 bits per heavy atom. The Hall–Kier alpha value is -2.87. The second kappa shape index (κ2) is 11.9. The van der Waals surface area contributed by atoms with Gasteiger partial charge in [-0.1, -0.05) is 72.0 Å². The Labute approximate surface area is 234 Å². The van der Waals surface area contributed by atoms with Crippen LogP contribution in [-0.4, -0.2) is 21.7 Å². The molecule has 0 spiro atoms.